The molecular formula is C16H24N2OS. The smallest absolute Gasteiger partial charge is 0.253 e. The van der Waals surface area contributed by atoms with Crippen molar-refractivity contribution in [3.63, 3.8) is 0 Å². The van der Waals surface area contributed by atoms with E-state index in [0.29, 0.717) is 11.3 Å². The van der Waals surface area contributed by atoms with Crippen LogP contribution in [0.5, 0.6) is 0 Å². The third-order valence-corrected chi connectivity index (χ3v) is 5.04. The van der Waals surface area contributed by atoms with Crippen LogP contribution in [0.2, 0.25) is 0 Å². The number of aryl methyl sites for hydroxylation is 1. The first-order valence-corrected chi connectivity index (χ1v) is 8.39. The fraction of sp³-hybridized carbons (Fsp3) is 0.562. The first-order chi connectivity index (χ1) is 9.63. The van der Waals surface area contributed by atoms with E-state index in [9.17, 15) is 4.79 Å². The summed E-state index contributed by atoms with van der Waals surface area (Å²) in [6.45, 7) is 4.21. The second kappa shape index (κ2) is 7.02. The Morgan fingerprint density at radius 2 is 2.20 bits per heavy atom. The third-order valence-electron chi connectivity index (χ3n) is 3.81. The lowest BCUT2D eigenvalue weighted by atomic mass is 10.1. The molecule has 110 valence electrons. The van der Waals surface area contributed by atoms with Crippen molar-refractivity contribution in [3.8, 4) is 0 Å². The molecule has 2 atom stereocenters. The Labute approximate surface area is 125 Å². The largest absolute Gasteiger partial charge is 0.387 e. The predicted octanol–water partition coefficient (Wildman–Crippen LogP) is 3.44. The van der Waals surface area contributed by atoms with Crippen LogP contribution < -0.4 is 10.6 Å². The summed E-state index contributed by atoms with van der Waals surface area (Å²) >= 11 is 2.01. The lowest BCUT2D eigenvalue weighted by Crippen LogP contribution is -2.33. The number of hydrogen-bond donors (Lipinski definition) is 2. The van der Waals surface area contributed by atoms with Crippen molar-refractivity contribution in [1.29, 1.82) is 0 Å². The zero-order valence-electron chi connectivity index (χ0n) is 12.5. The zero-order valence-corrected chi connectivity index (χ0v) is 13.3. The highest BCUT2D eigenvalue weighted by Crippen LogP contribution is 2.30. The van der Waals surface area contributed by atoms with Crippen LogP contribution in [-0.4, -0.2) is 30.0 Å². The Morgan fingerprint density at radius 1 is 1.40 bits per heavy atom. The van der Waals surface area contributed by atoms with E-state index < -0.39 is 0 Å². The molecule has 1 aromatic rings. The van der Waals surface area contributed by atoms with Gasteiger partial charge in [0, 0.05) is 24.0 Å². The van der Waals surface area contributed by atoms with Crippen molar-refractivity contribution in [3.05, 3.63) is 29.3 Å². The van der Waals surface area contributed by atoms with E-state index >= 15 is 0 Å². The lowest BCUT2D eigenvalue weighted by Gasteiger charge is -2.15. The van der Waals surface area contributed by atoms with Crippen molar-refractivity contribution in [2.75, 3.05) is 18.1 Å². The normalized spacial score (nSPS) is 21.8. The van der Waals surface area contributed by atoms with Gasteiger partial charge in [-0.3, -0.25) is 4.79 Å². The van der Waals surface area contributed by atoms with E-state index in [4.69, 9.17) is 0 Å². The van der Waals surface area contributed by atoms with Gasteiger partial charge in [-0.15, -0.1) is 0 Å². The van der Waals surface area contributed by atoms with E-state index in [1.165, 1.54) is 6.42 Å². The van der Waals surface area contributed by atoms with Crippen LogP contribution in [0, 0.1) is 6.92 Å². The highest BCUT2D eigenvalue weighted by atomic mass is 32.2. The molecule has 0 saturated heterocycles. The maximum atomic E-state index is 12.4. The Morgan fingerprint density at radius 3 is 2.90 bits per heavy atom. The van der Waals surface area contributed by atoms with Gasteiger partial charge in [-0.2, -0.15) is 11.8 Å². The number of carbonyl (C=O) groups is 1. The predicted molar refractivity (Wildman–Crippen MR) is 87.8 cm³/mol. The summed E-state index contributed by atoms with van der Waals surface area (Å²) in [6.07, 6.45) is 3.42. The van der Waals surface area contributed by atoms with Crippen LogP contribution >= 0.6 is 11.8 Å². The maximum Gasteiger partial charge on any atom is 0.253 e. The van der Waals surface area contributed by atoms with Crippen LogP contribution in [0.4, 0.5) is 5.69 Å². The zero-order chi connectivity index (χ0) is 14.5. The van der Waals surface area contributed by atoms with Crippen molar-refractivity contribution in [2.45, 2.75) is 44.4 Å². The number of thioether (sulfide) groups is 1. The first-order valence-electron chi connectivity index (χ1n) is 7.35. The second-order valence-corrected chi connectivity index (χ2v) is 6.94. The minimum absolute atomic E-state index is 0.0465. The molecule has 1 fully saturated rings. The molecule has 0 spiro atoms. The van der Waals surface area contributed by atoms with Gasteiger partial charge in [-0.25, -0.2) is 0 Å². The lowest BCUT2D eigenvalue weighted by molar-refractivity contribution is 0.0938. The molecule has 20 heavy (non-hydrogen) atoms. The minimum Gasteiger partial charge on any atom is -0.387 e. The summed E-state index contributed by atoms with van der Waals surface area (Å²) in [6, 6.07) is 6.27. The summed E-state index contributed by atoms with van der Waals surface area (Å²) in [5, 5.41) is 7.00. The monoisotopic (exact) mass is 292 g/mol. The molecule has 1 saturated carbocycles. The van der Waals surface area contributed by atoms with E-state index in [0.717, 1.165) is 35.4 Å². The van der Waals surface area contributed by atoms with Crippen molar-refractivity contribution in [1.82, 2.24) is 5.32 Å². The Hall–Kier alpha value is -1.16. The highest BCUT2D eigenvalue weighted by Gasteiger charge is 2.26. The topological polar surface area (TPSA) is 41.1 Å². The third kappa shape index (κ3) is 3.69. The van der Waals surface area contributed by atoms with Crippen molar-refractivity contribution in [2.24, 2.45) is 0 Å². The van der Waals surface area contributed by atoms with Gasteiger partial charge in [0.05, 0.1) is 5.56 Å². The molecule has 3 nitrogen and oxygen atoms in total. The summed E-state index contributed by atoms with van der Waals surface area (Å²) < 4.78 is 0. The molecule has 4 heteroatoms. The van der Waals surface area contributed by atoms with Crippen LogP contribution in [0.1, 0.15) is 42.1 Å². The van der Waals surface area contributed by atoms with E-state index in [1.54, 1.807) is 0 Å². The number of anilines is 1. The highest BCUT2D eigenvalue weighted by molar-refractivity contribution is 7.99. The number of amides is 1. The van der Waals surface area contributed by atoms with E-state index in [1.807, 2.05) is 43.9 Å². The Balaban J connectivity index is 2.00. The number of nitrogens with one attached hydrogen (secondary N) is 2. The van der Waals surface area contributed by atoms with Crippen LogP contribution in [0.15, 0.2) is 18.2 Å². The second-order valence-electron chi connectivity index (χ2n) is 5.36. The summed E-state index contributed by atoms with van der Waals surface area (Å²) in [5.41, 5.74) is 2.75. The van der Waals surface area contributed by atoms with Gasteiger partial charge >= 0.3 is 0 Å². The molecule has 2 N–H and O–H groups in total. The van der Waals surface area contributed by atoms with Crippen LogP contribution in [0.3, 0.4) is 0 Å². The summed E-state index contributed by atoms with van der Waals surface area (Å²) in [7, 11) is 1.85. The van der Waals surface area contributed by atoms with Crippen molar-refractivity contribution < 1.29 is 4.79 Å². The quantitative estimate of drug-likeness (QED) is 0.873. The molecule has 1 aromatic carbocycles. The molecule has 2 unspecified atom stereocenters. The van der Waals surface area contributed by atoms with E-state index in [2.05, 4.69) is 17.6 Å². The van der Waals surface area contributed by atoms with Gasteiger partial charge in [-0.1, -0.05) is 18.6 Å². The first kappa shape index (κ1) is 15.2. The molecule has 0 radical (unpaired) electrons. The van der Waals surface area contributed by atoms with Gasteiger partial charge in [-0.05, 0) is 44.1 Å². The Kier molecular flexibility index (Phi) is 5.35. The van der Waals surface area contributed by atoms with Crippen LogP contribution in [-0.2, 0) is 0 Å². The molecule has 0 aliphatic heterocycles. The maximum absolute atomic E-state index is 12.4. The average molecular weight is 292 g/mol. The fourth-order valence-electron chi connectivity index (χ4n) is 2.79. The van der Waals surface area contributed by atoms with Gasteiger partial charge in [0.1, 0.15) is 0 Å². The van der Waals surface area contributed by atoms with Gasteiger partial charge < -0.3 is 10.6 Å². The van der Waals surface area contributed by atoms with E-state index in [-0.39, 0.29) is 5.91 Å². The molecule has 0 aromatic heterocycles. The SMILES string of the molecule is CCSC1CCC(NC(=O)c2cc(C)ccc2NC)C1. The Bertz CT molecular complexity index is 476. The summed E-state index contributed by atoms with van der Waals surface area (Å²) in [5.74, 6) is 1.21. The molecule has 1 aliphatic rings. The van der Waals surface area contributed by atoms with Gasteiger partial charge in [0.25, 0.3) is 5.91 Å². The standard InChI is InChI=1S/C16H24N2OS/c1-4-20-13-7-6-12(10-13)18-16(19)14-9-11(2)5-8-15(14)17-3/h5,8-9,12-13,17H,4,6-7,10H2,1-3H3,(H,18,19). The van der Waals surface area contributed by atoms with Gasteiger partial charge in [0.2, 0.25) is 0 Å². The summed E-state index contributed by atoms with van der Waals surface area (Å²) in [4.78, 5) is 12.4. The average Bonchev–Trinajstić information content (AvgIpc) is 2.86. The molecule has 0 heterocycles. The number of hydrogen-bond acceptors (Lipinski definition) is 3. The number of benzene rings is 1. The minimum atomic E-state index is 0.0465. The molecule has 1 aliphatic carbocycles. The van der Waals surface area contributed by atoms with Crippen LogP contribution in [0.25, 0.3) is 0 Å². The molecule has 2 rings (SSSR count). The van der Waals surface area contributed by atoms with Gasteiger partial charge in [0.15, 0.2) is 0 Å². The number of carbonyl (C=O) groups excluding carboxylic acids is 1. The van der Waals surface area contributed by atoms with Crippen molar-refractivity contribution >= 4 is 23.4 Å². The fourth-order valence-corrected chi connectivity index (χ4v) is 3.93. The molecular weight excluding hydrogens is 268 g/mol. The molecule has 0 bridgehead atoms. The number of rotatable bonds is 5. The molecule has 1 amide bonds.